The van der Waals surface area contributed by atoms with E-state index in [-0.39, 0.29) is 25.9 Å². The Morgan fingerprint density at radius 3 is 1.41 bits per heavy atom. The average molecular weight is 999 g/mol. The number of carbonyl (C=O) groups is 4. The van der Waals surface area contributed by atoms with Gasteiger partial charge in [0.25, 0.3) is 0 Å². The van der Waals surface area contributed by atoms with E-state index in [1.54, 1.807) is 0 Å². The lowest BCUT2D eigenvalue weighted by Gasteiger charge is -2.40. The van der Waals surface area contributed by atoms with Crippen LogP contribution < -0.4 is 0 Å². The minimum absolute atomic E-state index is 0.0418. The number of ether oxygens (including phenoxy) is 5. The van der Waals surface area contributed by atoms with Gasteiger partial charge in [0.05, 0.1) is 6.61 Å². The van der Waals surface area contributed by atoms with E-state index in [0.717, 1.165) is 135 Å². The highest BCUT2D eigenvalue weighted by Crippen LogP contribution is 2.26. The van der Waals surface area contributed by atoms with Gasteiger partial charge >= 0.3 is 23.9 Å². The number of carboxylic acids is 1. The van der Waals surface area contributed by atoms with E-state index in [9.17, 15) is 34.5 Å². The Bertz CT molecular complexity index is 1510. The number of unbranched alkanes of at least 4 members (excludes halogenated alkanes) is 20. The number of rotatable bonds is 46. The second-order valence-electron chi connectivity index (χ2n) is 18.8. The van der Waals surface area contributed by atoms with Gasteiger partial charge in [-0.05, 0) is 83.5 Å². The third kappa shape index (κ3) is 37.6. The maximum absolute atomic E-state index is 13.0. The molecular weight excluding hydrogens is 901 g/mol. The van der Waals surface area contributed by atoms with Crippen molar-refractivity contribution in [1.29, 1.82) is 0 Å². The molecule has 0 bridgehead atoms. The molecule has 0 radical (unpaired) electrons. The van der Waals surface area contributed by atoms with Crippen molar-refractivity contribution in [2.45, 2.75) is 263 Å². The molecule has 6 unspecified atom stereocenters. The molecule has 12 heteroatoms. The van der Waals surface area contributed by atoms with Crippen molar-refractivity contribution in [3.8, 4) is 0 Å². The van der Waals surface area contributed by atoms with Crippen LogP contribution in [0.15, 0.2) is 72.9 Å². The van der Waals surface area contributed by atoms with E-state index in [2.05, 4.69) is 93.7 Å². The standard InChI is InChI=1S/C59H98O12/c1-4-7-10-13-16-19-21-23-24-25-26-27-28-30-31-34-36-39-42-45-51(60)67-48-50(69-52(61)46-43-40-37-33-18-15-12-9-6-3)49-68-59-57(55(64)54(63)56(71-59)58(65)66)70-53(62)47-44-41-38-35-32-29-22-20-17-14-11-8-5-2/h7,10-11,14,16,19-20,22-24,26-27,50,54-57,59,63-64H,4-6,8-9,12-13,15,17-18,21,25,28-49H2,1-3H3,(H,65,66)/b10-7-,14-11-,19-16-,22-20-,24-23-,27-26-. The fourth-order valence-electron chi connectivity index (χ4n) is 7.98. The molecule has 0 aromatic heterocycles. The SMILES string of the molecule is CC/C=C\C/C=C\C/C=C\C/C=C\CCCCCCCCC(=O)OCC(COC1OC(C(=O)O)C(O)C(O)C1OC(=O)CCCCCCC/C=C\C/C=C\CCC)OC(=O)CCCCCCCCCCC. The average Bonchev–Trinajstić information content (AvgIpc) is 3.35. The fourth-order valence-corrected chi connectivity index (χ4v) is 7.98. The van der Waals surface area contributed by atoms with Gasteiger partial charge < -0.3 is 39.0 Å². The van der Waals surface area contributed by atoms with Gasteiger partial charge in [0, 0.05) is 19.3 Å². The molecule has 3 N–H and O–H groups in total. The van der Waals surface area contributed by atoms with Crippen LogP contribution in [0.2, 0.25) is 0 Å². The highest BCUT2D eigenvalue weighted by atomic mass is 16.7. The quantitative estimate of drug-likeness (QED) is 0.0228. The summed E-state index contributed by atoms with van der Waals surface area (Å²) >= 11 is 0. The normalized spacial score (nSPS) is 19.0. The van der Waals surface area contributed by atoms with E-state index in [1.807, 2.05) is 0 Å². The molecule has 0 saturated carbocycles. The van der Waals surface area contributed by atoms with Crippen LogP contribution in [-0.2, 0) is 42.9 Å². The molecule has 0 spiro atoms. The van der Waals surface area contributed by atoms with Crippen LogP contribution in [-0.4, -0.2) is 89.2 Å². The molecule has 1 aliphatic rings. The molecule has 0 aromatic rings. The Morgan fingerprint density at radius 2 is 0.915 bits per heavy atom. The summed E-state index contributed by atoms with van der Waals surface area (Å²) in [6, 6.07) is 0. The summed E-state index contributed by atoms with van der Waals surface area (Å²) in [6.45, 7) is 5.75. The first-order valence-corrected chi connectivity index (χ1v) is 27.9. The van der Waals surface area contributed by atoms with Gasteiger partial charge in [0.2, 0.25) is 0 Å². The van der Waals surface area contributed by atoms with Gasteiger partial charge in [0.1, 0.15) is 18.8 Å². The molecule has 71 heavy (non-hydrogen) atoms. The minimum Gasteiger partial charge on any atom is -0.479 e. The molecule has 1 fully saturated rings. The molecule has 12 nitrogen and oxygen atoms in total. The summed E-state index contributed by atoms with van der Waals surface area (Å²) in [6.07, 6.45) is 46.0. The number of aliphatic hydroxyl groups excluding tert-OH is 2. The largest absolute Gasteiger partial charge is 0.479 e. The predicted molar refractivity (Wildman–Crippen MR) is 285 cm³/mol. The second-order valence-corrected chi connectivity index (χ2v) is 18.8. The zero-order valence-corrected chi connectivity index (χ0v) is 44.4. The summed E-state index contributed by atoms with van der Waals surface area (Å²) in [5, 5.41) is 31.4. The number of aliphatic hydroxyl groups is 2. The molecule has 0 amide bonds. The van der Waals surface area contributed by atoms with E-state index in [1.165, 1.54) is 32.1 Å². The highest BCUT2D eigenvalue weighted by molar-refractivity contribution is 5.74. The number of hydrogen-bond donors (Lipinski definition) is 3. The van der Waals surface area contributed by atoms with E-state index in [4.69, 9.17) is 23.7 Å². The van der Waals surface area contributed by atoms with Crippen molar-refractivity contribution in [1.82, 2.24) is 0 Å². The topological polar surface area (TPSA) is 175 Å². The van der Waals surface area contributed by atoms with Crippen LogP contribution in [0, 0.1) is 0 Å². The number of carboxylic acid groups (broad SMARTS) is 1. The summed E-state index contributed by atoms with van der Waals surface area (Å²) < 4.78 is 28.3. The van der Waals surface area contributed by atoms with E-state index < -0.39 is 67.3 Å². The second kappa shape index (κ2) is 47.2. The van der Waals surface area contributed by atoms with Crippen molar-refractivity contribution < 1.29 is 58.2 Å². The molecule has 1 rings (SSSR count). The molecule has 1 heterocycles. The van der Waals surface area contributed by atoms with Crippen molar-refractivity contribution in [2.24, 2.45) is 0 Å². The minimum atomic E-state index is -1.91. The van der Waals surface area contributed by atoms with Crippen LogP contribution in [0.4, 0.5) is 0 Å². The zero-order valence-electron chi connectivity index (χ0n) is 44.4. The molecule has 1 saturated heterocycles. The van der Waals surface area contributed by atoms with Crippen LogP contribution in [0.25, 0.3) is 0 Å². The number of allylic oxidation sites excluding steroid dienone is 12. The molecule has 6 atom stereocenters. The zero-order chi connectivity index (χ0) is 51.8. The van der Waals surface area contributed by atoms with Crippen molar-refractivity contribution in [3.63, 3.8) is 0 Å². The Kier molecular flexibility index (Phi) is 43.3. The Balaban J connectivity index is 2.67. The Morgan fingerprint density at radius 1 is 0.479 bits per heavy atom. The van der Waals surface area contributed by atoms with E-state index in [0.29, 0.717) is 19.3 Å². The molecular formula is C59H98O12. The first-order chi connectivity index (χ1) is 34.6. The van der Waals surface area contributed by atoms with Crippen molar-refractivity contribution in [2.75, 3.05) is 13.2 Å². The van der Waals surface area contributed by atoms with Crippen molar-refractivity contribution in [3.05, 3.63) is 72.9 Å². The maximum Gasteiger partial charge on any atom is 0.335 e. The van der Waals surface area contributed by atoms with Gasteiger partial charge in [0.15, 0.2) is 24.6 Å². The van der Waals surface area contributed by atoms with Crippen LogP contribution >= 0.6 is 0 Å². The smallest absolute Gasteiger partial charge is 0.335 e. The number of esters is 3. The lowest BCUT2D eigenvalue weighted by molar-refractivity contribution is -0.301. The van der Waals surface area contributed by atoms with Gasteiger partial charge in [-0.15, -0.1) is 0 Å². The van der Waals surface area contributed by atoms with Gasteiger partial charge in [-0.25, -0.2) is 4.79 Å². The highest BCUT2D eigenvalue weighted by Gasteiger charge is 2.50. The summed E-state index contributed by atoms with van der Waals surface area (Å²) in [5.41, 5.74) is 0. The number of hydrogen-bond acceptors (Lipinski definition) is 11. The third-order valence-electron chi connectivity index (χ3n) is 12.2. The van der Waals surface area contributed by atoms with Gasteiger partial charge in [-0.3, -0.25) is 14.4 Å². The molecule has 0 aromatic carbocycles. The van der Waals surface area contributed by atoms with Crippen LogP contribution in [0.1, 0.15) is 226 Å². The van der Waals surface area contributed by atoms with Gasteiger partial charge in [-0.2, -0.15) is 0 Å². The van der Waals surface area contributed by atoms with Crippen molar-refractivity contribution >= 4 is 23.9 Å². The van der Waals surface area contributed by atoms with Crippen LogP contribution in [0.5, 0.6) is 0 Å². The Labute approximate surface area is 429 Å². The molecule has 406 valence electrons. The third-order valence-corrected chi connectivity index (χ3v) is 12.2. The first kappa shape index (κ1) is 65.2. The van der Waals surface area contributed by atoms with Gasteiger partial charge in [-0.1, -0.05) is 196 Å². The van der Waals surface area contributed by atoms with E-state index >= 15 is 0 Å². The number of aliphatic carboxylic acids is 1. The Hall–Kier alpha value is -3.84. The fraction of sp³-hybridized carbons (Fsp3) is 0.729. The van der Waals surface area contributed by atoms with Crippen LogP contribution in [0.3, 0.4) is 0 Å². The summed E-state index contributed by atoms with van der Waals surface area (Å²) in [4.78, 5) is 50.9. The summed E-state index contributed by atoms with van der Waals surface area (Å²) in [7, 11) is 0. The summed E-state index contributed by atoms with van der Waals surface area (Å²) in [5.74, 6) is -3.16. The predicted octanol–water partition coefficient (Wildman–Crippen LogP) is 13.8. The monoisotopic (exact) mass is 999 g/mol. The molecule has 0 aliphatic carbocycles. The lowest BCUT2D eigenvalue weighted by Crippen LogP contribution is -2.61. The maximum atomic E-state index is 13.0. The first-order valence-electron chi connectivity index (χ1n) is 27.9. The number of carbonyl (C=O) groups excluding carboxylic acids is 3. The molecule has 1 aliphatic heterocycles. The lowest BCUT2D eigenvalue weighted by atomic mass is 9.98.